The summed E-state index contributed by atoms with van der Waals surface area (Å²) >= 11 is 6.08. The number of carbonyl (C=O) groups excluding carboxylic acids is 1. The molecule has 4 heteroatoms. The molecule has 1 heterocycles. The number of alkyl halides is 1. The SMILES string of the molecule is CC1CCCN(CC(=O)C2CCC(Cl)CC2)C1N. The van der Waals surface area contributed by atoms with E-state index in [-0.39, 0.29) is 17.5 Å². The van der Waals surface area contributed by atoms with Crippen molar-refractivity contribution in [3.63, 3.8) is 0 Å². The lowest BCUT2D eigenvalue weighted by atomic mass is 9.85. The van der Waals surface area contributed by atoms with Crippen LogP contribution in [-0.2, 0) is 4.79 Å². The fourth-order valence-electron chi connectivity index (χ4n) is 3.18. The Bertz CT molecular complexity index is 290. The summed E-state index contributed by atoms with van der Waals surface area (Å²) in [7, 11) is 0. The van der Waals surface area contributed by atoms with Gasteiger partial charge in [0, 0.05) is 17.8 Å². The van der Waals surface area contributed by atoms with Crippen LogP contribution >= 0.6 is 11.6 Å². The van der Waals surface area contributed by atoms with Crippen LogP contribution in [-0.4, -0.2) is 35.3 Å². The number of halogens is 1. The van der Waals surface area contributed by atoms with E-state index in [2.05, 4.69) is 11.8 Å². The first-order chi connectivity index (χ1) is 8.58. The summed E-state index contributed by atoms with van der Waals surface area (Å²) in [5, 5.41) is 0.284. The summed E-state index contributed by atoms with van der Waals surface area (Å²) in [6.07, 6.45) is 6.31. The average Bonchev–Trinajstić information content (AvgIpc) is 2.36. The van der Waals surface area contributed by atoms with Crippen LogP contribution in [0.15, 0.2) is 0 Å². The highest BCUT2D eigenvalue weighted by atomic mass is 35.5. The lowest BCUT2D eigenvalue weighted by Crippen LogP contribution is -2.52. The van der Waals surface area contributed by atoms with Crippen molar-refractivity contribution in [2.24, 2.45) is 17.6 Å². The van der Waals surface area contributed by atoms with E-state index in [1.165, 1.54) is 6.42 Å². The molecule has 0 radical (unpaired) electrons. The van der Waals surface area contributed by atoms with Gasteiger partial charge in [-0.25, -0.2) is 0 Å². The molecule has 0 spiro atoms. The molecule has 0 aromatic heterocycles. The number of nitrogens with two attached hydrogens (primary N) is 1. The van der Waals surface area contributed by atoms with Gasteiger partial charge in [0.2, 0.25) is 0 Å². The van der Waals surface area contributed by atoms with Crippen molar-refractivity contribution in [1.82, 2.24) is 4.90 Å². The lowest BCUT2D eigenvalue weighted by molar-refractivity contribution is -0.126. The quantitative estimate of drug-likeness (QED) is 0.803. The minimum absolute atomic E-state index is 0.0621. The minimum atomic E-state index is 0.0621. The smallest absolute Gasteiger partial charge is 0.149 e. The summed E-state index contributed by atoms with van der Waals surface area (Å²) in [5.41, 5.74) is 6.17. The Balaban J connectivity index is 1.83. The van der Waals surface area contributed by atoms with Gasteiger partial charge < -0.3 is 5.73 Å². The molecule has 0 amide bonds. The minimum Gasteiger partial charge on any atom is -0.315 e. The van der Waals surface area contributed by atoms with E-state index in [0.717, 1.165) is 38.6 Å². The highest BCUT2D eigenvalue weighted by Crippen LogP contribution is 2.29. The Labute approximate surface area is 115 Å². The summed E-state index contributed by atoms with van der Waals surface area (Å²) in [6.45, 7) is 3.70. The monoisotopic (exact) mass is 272 g/mol. The van der Waals surface area contributed by atoms with Crippen molar-refractivity contribution >= 4 is 17.4 Å². The summed E-state index contributed by atoms with van der Waals surface area (Å²) in [4.78, 5) is 14.5. The Hall–Kier alpha value is -0.120. The number of hydrogen-bond acceptors (Lipinski definition) is 3. The van der Waals surface area contributed by atoms with Crippen molar-refractivity contribution in [2.75, 3.05) is 13.1 Å². The van der Waals surface area contributed by atoms with Gasteiger partial charge >= 0.3 is 0 Å². The molecule has 1 aliphatic carbocycles. The number of nitrogens with zero attached hydrogens (tertiary/aromatic N) is 1. The number of carbonyl (C=O) groups is 1. The second kappa shape index (κ2) is 6.36. The Morgan fingerprint density at radius 3 is 2.61 bits per heavy atom. The van der Waals surface area contributed by atoms with E-state index in [0.29, 0.717) is 18.2 Å². The van der Waals surface area contributed by atoms with Crippen LogP contribution in [0.1, 0.15) is 45.4 Å². The van der Waals surface area contributed by atoms with Crippen molar-refractivity contribution in [2.45, 2.75) is 57.0 Å². The predicted octanol–water partition coefficient (Wildman–Crippen LogP) is 2.37. The zero-order valence-electron chi connectivity index (χ0n) is 11.3. The van der Waals surface area contributed by atoms with Gasteiger partial charge in [0.1, 0.15) is 5.78 Å². The highest BCUT2D eigenvalue weighted by molar-refractivity contribution is 6.20. The molecular weight excluding hydrogens is 248 g/mol. The van der Waals surface area contributed by atoms with Crippen LogP contribution in [0, 0.1) is 11.8 Å². The van der Waals surface area contributed by atoms with Gasteiger partial charge in [0.25, 0.3) is 0 Å². The van der Waals surface area contributed by atoms with Gasteiger partial charge in [-0.3, -0.25) is 9.69 Å². The first-order valence-electron chi connectivity index (χ1n) is 7.24. The number of ketones is 1. The van der Waals surface area contributed by atoms with Gasteiger partial charge in [-0.15, -0.1) is 11.6 Å². The van der Waals surface area contributed by atoms with E-state index in [4.69, 9.17) is 17.3 Å². The molecule has 3 nitrogen and oxygen atoms in total. The largest absolute Gasteiger partial charge is 0.315 e. The Morgan fingerprint density at radius 1 is 1.28 bits per heavy atom. The molecule has 0 bridgehead atoms. The normalized spacial score (nSPS) is 38.6. The predicted molar refractivity (Wildman–Crippen MR) is 74.6 cm³/mol. The first-order valence-corrected chi connectivity index (χ1v) is 7.68. The molecule has 104 valence electrons. The number of likely N-dealkylation sites (tertiary alicyclic amines) is 1. The number of hydrogen-bond donors (Lipinski definition) is 1. The molecule has 1 saturated heterocycles. The molecule has 1 aliphatic heterocycles. The van der Waals surface area contributed by atoms with Crippen LogP contribution in [0.4, 0.5) is 0 Å². The number of rotatable bonds is 3. The van der Waals surface area contributed by atoms with Crippen molar-refractivity contribution in [1.29, 1.82) is 0 Å². The van der Waals surface area contributed by atoms with E-state index in [9.17, 15) is 4.79 Å². The second-order valence-electron chi connectivity index (χ2n) is 6.00. The summed E-state index contributed by atoms with van der Waals surface area (Å²) in [5.74, 6) is 1.11. The van der Waals surface area contributed by atoms with Crippen LogP contribution in [0.3, 0.4) is 0 Å². The molecule has 0 aromatic rings. The number of piperidine rings is 1. The topological polar surface area (TPSA) is 46.3 Å². The zero-order chi connectivity index (χ0) is 13.1. The third-order valence-corrected chi connectivity index (χ3v) is 5.02. The molecule has 18 heavy (non-hydrogen) atoms. The molecular formula is C14H25ClN2O. The zero-order valence-corrected chi connectivity index (χ0v) is 12.0. The van der Waals surface area contributed by atoms with Gasteiger partial charge in [-0.1, -0.05) is 6.92 Å². The lowest BCUT2D eigenvalue weighted by Gasteiger charge is -2.38. The second-order valence-corrected chi connectivity index (χ2v) is 6.61. The van der Waals surface area contributed by atoms with Crippen LogP contribution in [0.5, 0.6) is 0 Å². The Morgan fingerprint density at radius 2 is 1.94 bits per heavy atom. The fraction of sp³-hybridized carbons (Fsp3) is 0.929. The van der Waals surface area contributed by atoms with E-state index in [1.807, 2.05) is 0 Å². The Kier molecular flexibility index (Phi) is 5.05. The summed E-state index contributed by atoms with van der Waals surface area (Å²) < 4.78 is 0. The van der Waals surface area contributed by atoms with Gasteiger partial charge in [-0.05, 0) is 44.4 Å². The van der Waals surface area contributed by atoms with Gasteiger partial charge in [0.15, 0.2) is 0 Å². The maximum atomic E-state index is 12.3. The van der Waals surface area contributed by atoms with Crippen molar-refractivity contribution in [3.05, 3.63) is 0 Å². The molecule has 2 fully saturated rings. The molecule has 2 rings (SSSR count). The third kappa shape index (κ3) is 3.46. The molecule has 2 aliphatic rings. The molecule has 2 unspecified atom stereocenters. The van der Waals surface area contributed by atoms with E-state index >= 15 is 0 Å². The molecule has 2 N–H and O–H groups in total. The number of Topliss-reactive ketones (excluding diaryl/α,β-unsaturated/α-hetero) is 1. The van der Waals surface area contributed by atoms with Gasteiger partial charge in [-0.2, -0.15) is 0 Å². The third-order valence-electron chi connectivity index (χ3n) is 4.58. The van der Waals surface area contributed by atoms with Crippen LogP contribution in [0.2, 0.25) is 0 Å². The fourth-order valence-corrected chi connectivity index (χ4v) is 3.44. The highest BCUT2D eigenvalue weighted by Gasteiger charge is 2.30. The molecule has 1 saturated carbocycles. The maximum absolute atomic E-state index is 12.3. The standard InChI is InChI=1S/C14H25ClN2O/c1-10-3-2-8-17(14(10)16)9-13(18)11-4-6-12(15)7-5-11/h10-12,14H,2-9,16H2,1H3. The van der Waals surface area contributed by atoms with Crippen LogP contribution < -0.4 is 5.73 Å². The summed E-state index contributed by atoms with van der Waals surface area (Å²) in [6, 6.07) is 0. The average molecular weight is 273 g/mol. The van der Waals surface area contributed by atoms with E-state index < -0.39 is 0 Å². The molecule has 0 aromatic carbocycles. The van der Waals surface area contributed by atoms with Crippen molar-refractivity contribution < 1.29 is 4.79 Å². The van der Waals surface area contributed by atoms with E-state index in [1.54, 1.807) is 0 Å². The first kappa shape index (κ1) is 14.3. The van der Waals surface area contributed by atoms with Crippen LogP contribution in [0.25, 0.3) is 0 Å². The van der Waals surface area contributed by atoms with Gasteiger partial charge in [0.05, 0.1) is 12.7 Å². The van der Waals surface area contributed by atoms with Crippen molar-refractivity contribution in [3.8, 4) is 0 Å². The molecule has 2 atom stereocenters. The maximum Gasteiger partial charge on any atom is 0.149 e.